The summed E-state index contributed by atoms with van der Waals surface area (Å²) in [7, 11) is 0. The van der Waals surface area contributed by atoms with Crippen molar-refractivity contribution in [2.75, 3.05) is 0 Å². The van der Waals surface area contributed by atoms with E-state index < -0.39 is 0 Å². The molecule has 2 rings (SSSR count). The summed E-state index contributed by atoms with van der Waals surface area (Å²) >= 11 is 0. The van der Waals surface area contributed by atoms with Crippen LogP contribution in [0.3, 0.4) is 0 Å². The van der Waals surface area contributed by atoms with Gasteiger partial charge in [0, 0.05) is 0 Å². The molecule has 0 fully saturated rings. The number of carbonyl (C=O) groups excluding carboxylic acids is 1. The molecule has 19 heavy (non-hydrogen) atoms. The Labute approximate surface area is 111 Å². The minimum Gasteiger partial charge on any atom is -0.243 e. The fourth-order valence-electron chi connectivity index (χ4n) is 1.97. The Kier molecular flexibility index (Phi) is 4.03. The summed E-state index contributed by atoms with van der Waals surface area (Å²) in [5.74, 6) is 0.175. The predicted molar refractivity (Wildman–Crippen MR) is 68.9 cm³/mol. The molecule has 0 aliphatic carbocycles. The molecule has 0 saturated heterocycles. The van der Waals surface area contributed by atoms with Crippen molar-refractivity contribution in [3.63, 3.8) is 0 Å². The first kappa shape index (κ1) is 13.4. The monoisotopic (exact) mass is 262 g/mol. The van der Waals surface area contributed by atoms with Gasteiger partial charge in [-0.1, -0.05) is 37.6 Å². The van der Waals surface area contributed by atoms with Crippen LogP contribution in [0.5, 0.6) is 0 Å². The van der Waals surface area contributed by atoms with Crippen LogP contribution in [0.1, 0.15) is 50.9 Å². The van der Waals surface area contributed by atoms with E-state index in [1.54, 1.807) is 0 Å². The second-order valence-corrected chi connectivity index (χ2v) is 4.72. The van der Waals surface area contributed by atoms with Gasteiger partial charge in [0.2, 0.25) is 0 Å². The van der Waals surface area contributed by atoms with Crippen LogP contribution in [0.25, 0.3) is 0 Å². The lowest BCUT2D eigenvalue weighted by Gasteiger charge is -2.09. The van der Waals surface area contributed by atoms with Gasteiger partial charge in [-0.25, -0.2) is 4.79 Å². The zero-order chi connectivity index (χ0) is 13.8. The van der Waals surface area contributed by atoms with Crippen LogP contribution in [0.15, 0.2) is 12.4 Å². The van der Waals surface area contributed by atoms with E-state index in [1.165, 1.54) is 17.1 Å². The summed E-state index contributed by atoms with van der Waals surface area (Å²) in [6.07, 6.45) is 5.92. The van der Waals surface area contributed by atoms with Gasteiger partial charge in [-0.05, 0) is 18.8 Å². The van der Waals surface area contributed by atoms with E-state index in [4.69, 9.17) is 0 Å². The van der Waals surface area contributed by atoms with Crippen LogP contribution < -0.4 is 0 Å². The molecule has 7 nitrogen and oxygen atoms in total. The first-order valence-electron chi connectivity index (χ1n) is 6.50. The normalized spacial score (nSPS) is 11.2. The van der Waals surface area contributed by atoms with Crippen molar-refractivity contribution in [1.82, 2.24) is 30.0 Å². The SMILES string of the molecule is CCCCc1nnn(C(=O)n2ccnn2)c1C(C)C. The first-order chi connectivity index (χ1) is 9.15. The molecule has 0 saturated carbocycles. The lowest BCUT2D eigenvalue weighted by Crippen LogP contribution is -2.24. The van der Waals surface area contributed by atoms with E-state index in [2.05, 4.69) is 27.5 Å². The molecule has 0 aromatic carbocycles. The van der Waals surface area contributed by atoms with Crippen molar-refractivity contribution in [3.8, 4) is 0 Å². The summed E-state index contributed by atoms with van der Waals surface area (Å²) < 4.78 is 2.48. The highest BCUT2D eigenvalue weighted by Crippen LogP contribution is 2.19. The highest BCUT2D eigenvalue weighted by Gasteiger charge is 2.21. The van der Waals surface area contributed by atoms with E-state index in [9.17, 15) is 4.79 Å². The van der Waals surface area contributed by atoms with E-state index >= 15 is 0 Å². The summed E-state index contributed by atoms with van der Waals surface area (Å²) in [5, 5.41) is 15.4. The number of nitrogens with zero attached hydrogens (tertiary/aromatic N) is 6. The molecule has 7 heteroatoms. The molecule has 0 unspecified atom stereocenters. The van der Waals surface area contributed by atoms with Crippen LogP contribution >= 0.6 is 0 Å². The minimum absolute atomic E-state index is 0.175. The smallest absolute Gasteiger partial charge is 0.243 e. The van der Waals surface area contributed by atoms with E-state index in [1.807, 2.05) is 13.8 Å². The Morgan fingerprint density at radius 1 is 1.37 bits per heavy atom. The maximum atomic E-state index is 12.2. The van der Waals surface area contributed by atoms with Gasteiger partial charge in [0.1, 0.15) is 0 Å². The minimum atomic E-state index is -0.351. The number of carbonyl (C=O) groups is 1. The van der Waals surface area contributed by atoms with Crippen LogP contribution in [-0.2, 0) is 6.42 Å². The molecule has 0 spiro atoms. The second-order valence-electron chi connectivity index (χ2n) is 4.72. The molecule has 2 aromatic rings. The number of aromatic nitrogens is 6. The molecular formula is C12H18N6O. The Morgan fingerprint density at radius 2 is 2.16 bits per heavy atom. The van der Waals surface area contributed by atoms with Crippen molar-refractivity contribution in [1.29, 1.82) is 0 Å². The zero-order valence-electron chi connectivity index (χ0n) is 11.4. The number of unbranched alkanes of at least 4 members (excludes halogenated alkanes) is 1. The molecule has 0 atom stereocenters. The largest absolute Gasteiger partial charge is 0.372 e. The lowest BCUT2D eigenvalue weighted by atomic mass is 10.0. The van der Waals surface area contributed by atoms with Crippen LogP contribution in [0.2, 0.25) is 0 Å². The highest BCUT2D eigenvalue weighted by atomic mass is 16.2. The predicted octanol–water partition coefficient (Wildman–Crippen LogP) is 1.85. The van der Waals surface area contributed by atoms with Gasteiger partial charge in [0.15, 0.2) is 0 Å². The standard InChI is InChI=1S/C12H18N6O/c1-4-5-6-10-11(9(2)3)18(16-14-10)12(19)17-8-7-13-15-17/h7-9H,4-6H2,1-3H3. The van der Waals surface area contributed by atoms with Gasteiger partial charge < -0.3 is 0 Å². The second kappa shape index (κ2) is 5.73. The quantitative estimate of drug-likeness (QED) is 0.840. The van der Waals surface area contributed by atoms with Crippen molar-refractivity contribution in [2.45, 2.75) is 46.0 Å². The number of aryl methyl sites for hydroxylation is 1. The highest BCUT2D eigenvalue weighted by molar-refractivity contribution is 5.78. The topological polar surface area (TPSA) is 78.5 Å². The maximum absolute atomic E-state index is 12.2. The van der Waals surface area contributed by atoms with Crippen LogP contribution in [0, 0.1) is 0 Å². The Hall–Kier alpha value is -2.05. The summed E-state index contributed by atoms with van der Waals surface area (Å²) in [5.41, 5.74) is 1.75. The van der Waals surface area contributed by atoms with Gasteiger partial charge in [-0.2, -0.15) is 9.36 Å². The molecule has 2 heterocycles. The molecule has 2 aromatic heterocycles. The summed E-state index contributed by atoms with van der Waals surface area (Å²) in [6.45, 7) is 6.18. The average molecular weight is 262 g/mol. The van der Waals surface area contributed by atoms with Crippen molar-refractivity contribution < 1.29 is 4.79 Å². The lowest BCUT2D eigenvalue weighted by molar-refractivity contribution is 0.236. The molecule has 0 radical (unpaired) electrons. The third-order valence-electron chi connectivity index (χ3n) is 2.89. The third kappa shape index (κ3) is 2.69. The Bertz CT molecular complexity index is 543. The molecule has 0 aliphatic rings. The van der Waals surface area contributed by atoms with Gasteiger partial charge >= 0.3 is 6.03 Å². The van der Waals surface area contributed by atoms with Crippen molar-refractivity contribution >= 4 is 6.03 Å². The van der Waals surface area contributed by atoms with E-state index in [-0.39, 0.29) is 11.9 Å². The number of rotatable bonds is 4. The fraction of sp³-hybridized carbons (Fsp3) is 0.583. The third-order valence-corrected chi connectivity index (χ3v) is 2.89. The van der Waals surface area contributed by atoms with Gasteiger partial charge in [0.05, 0.1) is 23.8 Å². The van der Waals surface area contributed by atoms with Crippen molar-refractivity contribution in [3.05, 3.63) is 23.8 Å². The molecular weight excluding hydrogens is 244 g/mol. The maximum Gasteiger partial charge on any atom is 0.372 e. The van der Waals surface area contributed by atoms with E-state index in [0.29, 0.717) is 0 Å². The molecule has 102 valence electrons. The van der Waals surface area contributed by atoms with E-state index in [0.717, 1.165) is 35.3 Å². The van der Waals surface area contributed by atoms with Crippen LogP contribution in [0.4, 0.5) is 4.79 Å². The van der Waals surface area contributed by atoms with Crippen LogP contribution in [-0.4, -0.2) is 36.0 Å². The Balaban J connectivity index is 2.35. The Morgan fingerprint density at radius 3 is 2.74 bits per heavy atom. The van der Waals surface area contributed by atoms with Gasteiger partial charge in [0.25, 0.3) is 0 Å². The average Bonchev–Trinajstić information content (AvgIpc) is 3.04. The number of hydrogen-bond donors (Lipinski definition) is 0. The molecule has 0 bridgehead atoms. The molecule has 0 N–H and O–H groups in total. The fourth-order valence-corrected chi connectivity index (χ4v) is 1.97. The summed E-state index contributed by atoms with van der Waals surface area (Å²) in [6, 6.07) is -0.351. The van der Waals surface area contributed by atoms with Gasteiger partial charge in [-0.15, -0.1) is 10.2 Å². The first-order valence-corrected chi connectivity index (χ1v) is 6.50. The van der Waals surface area contributed by atoms with Gasteiger partial charge in [-0.3, -0.25) is 0 Å². The molecule has 0 amide bonds. The zero-order valence-corrected chi connectivity index (χ0v) is 11.4. The molecule has 0 aliphatic heterocycles. The number of hydrogen-bond acceptors (Lipinski definition) is 5. The van der Waals surface area contributed by atoms with Crippen molar-refractivity contribution in [2.24, 2.45) is 0 Å². The summed E-state index contributed by atoms with van der Waals surface area (Å²) in [4.78, 5) is 12.2.